The first kappa shape index (κ1) is 7.39. The van der Waals surface area contributed by atoms with E-state index in [9.17, 15) is 4.79 Å². The van der Waals surface area contributed by atoms with Crippen molar-refractivity contribution < 1.29 is 9.53 Å². The molecule has 0 aromatic carbocycles. The minimum atomic E-state index is -0.578. The van der Waals surface area contributed by atoms with Gasteiger partial charge < -0.3 is 10.1 Å². The average molecular weight is 154 g/mol. The molecule has 1 heterocycles. The van der Waals surface area contributed by atoms with Crippen LogP contribution in [0.2, 0.25) is 0 Å². The smallest absolute Gasteiger partial charge is 0.389 e. The van der Waals surface area contributed by atoms with Gasteiger partial charge in [0.15, 0.2) is 0 Å². The van der Waals surface area contributed by atoms with Crippen molar-refractivity contribution in [1.29, 1.82) is 0 Å². The van der Waals surface area contributed by atoms with Crippen LogP contribution in [0.25, 0.3) is 0 Å². The molecule has 0 unspecified atom stereocenters. The van der Waals surface area contributed by atoms with Crippen LogP contribution in [0.1, 0.15) is 0 Å². The zero-order valence-electron chi connectivity index (χ0n) is 5.81. The van der Waals surface area contributed by atoms with Crippen LogP contribution in [0, 0.1) is 0 Å². The van der Waals surface area contributed by atoms with Gasteiger partial charge in [0.2, 0.25) is 5.88 Å². The van der Waals surface area contributed by atoms with Gasteiger partial charge >= 0.3 is 6.09 Å². The van der Waals surface area contributed by atoms with Crippen molar-refractivity contribution in [1.82, 2.24) is 20.7 Å². The van der Waals surface area contributed by atoms with E-state index in [1.807, 2.05) is 0 Å². The molecule has 0 saturated heterocycles. The highest BCUT2D eigenvalue weighted by Crippen LogP contribution is 1.99. The summed E-state index contributed by atoms with van der Waals surface area (Å²) < 4.78 is 4.60. The van der Waals surface area contributed by atoms with Crippen molar-refractivity contribution in [3.8, 4) is 5.88 Å². The fourth-order valence-electron chi connectivity index (χ4n) is 0.431. The van der Waals surface area contributed by atoms with Crippen LogP contribution in [0.3, 0.4) is 0 Å². The van der Waals surface area contributed by atoms with E-state index >= 15 is 0 Å². The van der Waals surface area contributed by atoms with Crippen LogP contribution < -0.4 is 10.1 Å². The van der Waals surface area contributed by atoms with Gasteiger partial charge in [0.05, 0.1) is 6.20 Å². The second-order valence-corrected chi connectivity index (χ2v) is 1.60. The van der Waals surface area contributed by atoms with E-state index in [2.05, 4.69) is 25.5 Å². The monoisotopic (exact) mass is 154 g/mol. The van der Waals surface area contributed by atoms with Gasteiger partial charge in [0.25, 0.3) is 0 Å². The first-order valence-corrected chi connectivity index (χ1v) is 2.87. The molecule has 6 heteroatoms. The molecule has 1 aromatic heterocycles. The first-order valence-electron chi connectivity index (χ1n) is 2.87. The Morgan fingerprint density at radius 3 is 3.09 bits per heavy atom. The van der Waals surface area contributed by atoms with E-state index < -0.39 is 6.09 Å². The molecule has 0 aliphatic rings. The molecule has 0 spiro atoms. The largest absolute Gasteiger partial charge is 0.413 e. The Morgan fingerprint density at radius 1 is 1.73 bits per heavy atom. The number of aromatic nitrogens is 3. The second kappa shape index (κ2) is 3.45. The average Bonchev–Trinajstić information content (AvgIpc) is 2.06. The molecule has 6 nitrogen and oxygen atoms in total. The van der Waals surface area contributed by atoms with Crippen LogP contribution >= 0.6 is 0 Å². The molecular weight excluding hydrogens is 148 g/mol. The van der Waals surface area contributed by atoms with Crippen molar-refractivity contribution in [2.24, 2.45) is 0 Å². The SMILES string of the molecule is CNC(=O)Oc1ccnnn1. The normalized spacial score (nSPS) is 8.82. The zero-order chi connectivity index (χ0) is 8.10. The van der Waals surface area contributed by atoms with Crippen LogP contribution in [0.15, 0.2) is 12.3 Å². The Labute approximate surface area is 62.6 Å². The summed E-state index contributed by atoms with van der Waals surface area (Å²) in [7, 11) is 1.46. The van der Waals surface area contributed by atoms with Gasteiger partial charge in [0, 0.05) is 13.1 Å². The maximum Gasteiger partial charge on any atom is 0.413 e. The second-order valence-electron chi connectivity index (χ2n) is 1.60. The molecule has 1 aromatic rings. The van der Waals surface area contributed by atoms with E-state index in [4.69, 9.17) is 0 Å². The molecule has 11 heavy (non-hydrogen) atoms. The summed E-state index contributed by atoms with van der Waals surface area (Å²) in [6, 6.07) is 1.43. The van der Waals surface area contributed by atoms with E-state index in [0.29, 0.717) is 0 Å². The fourth-order valence-corrected chi connectivity index (χ4v) is 0.431. The number of hydrogen-bond donors (Lipinski definition) is 1. The Kier molecular flexibility index (Phi) is 2.32. The number of carbonyl (C=O) groups excluding carboxylic acids is 1. The third kappa shape index (κ3) is 2.17. The molecule has 0 aliphatic carbocycles. The predicted molar refractivity (Wildman–Crippen MR) is 34.9 cm³/mol. The molecule has 1 rings (SSSR count). The third-order valence-corrected chi connectivity index (χ3v) is 0.880. The van der Waals surface area contributed by atoms with Crippen molar-refractivity contribution in [2.45, 2.75) is 0 Å². The standard InChI is InChI=1S/C5H6N4O2/c1-6-5(10)11-4-2-3-7-9-8-4/h2-3H,1H3,(H,6,10). The van der Waals surface area contributed by atoms with Gasteiger partial charge in [-0.3, -0.25) is 0 Å². The van der Waals surface area contributed by atoms with Gasteiger partial charge in [-0.2, -0.15) is 0 Å². The summed E-state index contributed by atoms with van der Waals surface area (Å²) >= 11 is 0. The van der Waals surface area contributed by atoms with Crippen LogP contribution in [-0.2, 0) is 0 Å². The lowest BCUT2D eigenvalue weighted by Crippen LogP contribution is -2.22. The molecule has 0 fully saturated rings. The Morgan fingerprint density at radius 2 is 2.55 bits per heavy atom. The molecule has 0 aliphatic heterocycles. The number of nitrogens with zero attached hydrogens (tertiary/aromatic N) is 3. The van der Waals surface area contributed by atoms with Gasteiger partial charge in [-0.15, -0.1) is 5.10 Å². The summed E-state index contributed by atoms with van der Waals surface area (Å²) in [6.07, 6.45) is 0.802. The first-order chi connectivity index (χ1) is 5.33. The minimum Gasteiger partial charge on any atom is -0.389 e. The molecule has 0 radical (unpaired) electrons. The molecule has 0 bridgehead atoms. The number of amides is 1. The summed E-state index contributed by atoms with van der Waals surface area (Å²) in [6.45, 7) is 0. The topological polar surface area (TPSA) is 77.0 Å². The van der Waals surface area contributed by atoms with Crippen molar-refractivity contribution in [3.63, 3.8) is 0 Å². The van der Waals surface area contributed by atoms with Crippen LogP contribution in [-0.4, -0.2) is 28.6 Å². The maximum absolute atomic E-state index is 10.6. The molecule has 0 atom stereocenters. The highest BCUT2D eigenvalue weighted by Gasteiger charge is 2.00. The van der Waals surface area contributed by atoms with E-state index in [0.717, 1.165) is 0 Å². The minimum absolute atomic E-state index is 0.124. The lowest BCUT2D eigenvalue weighted by molar-refractivity contribution is 0.200. The maximum atomic E-state index is 10.6. The highest BCUT2D eigenvalue weighted by atomic mass is 16.6. The third-order valence-electron chi connectivity index (χ3n) is 0.880. The van der Waals surface area contributed by atoms with Crippen LogP contribution in [0.5, 0.6) is 5.88 Å². The van der Waals surface area contributed by atoms with Gasteiger partial charge in [-0.05, 0) is 5.21 Å². The Hall–Kier alpha value is -1.72. The molecule has 0 saturated carbocycles. The summed E-state index contributed by atoms with van der Waals surface area (Å²) in [5, 5.41) is 12.4. The Balaban J connectivity index is 2.58. The number of hydrogen-bond acceptors (Lipinski definition) is 5. The van der Waals surface area contributed by atoms with Gasteiger partial charge in [-0.25, -0.2) is 4.79 Å². The van der Waals surface area contributed by atoms with Crippen molar-refractivity contribution in [3.05, 3.63) is 12.3 Å². The highest BCUT2D eigenvalue weighted by molar-refractivity contribution is 5.69. The fraction of sp³-hybridized carbons (Fsp3) is 0.200. The van der Waals surface area contributed by atoms with E-state index in [-0.39, 0.29) is 5.88 Å². The molecule has 1 amide bonds. The number of nitrogens with one attached hydrogen (secondary N) is 1. The quantitative estimate of drug-likeness (QED) is 0.595. The number of rotatable bonds is 1. The Bertz CT molecular complexity index is 237. The van der Waals surface area contributed by atoms with Gasteiger partial charge in [-0.1, -0.05) is 5.10 Å². The molecule has 1 N–H and O–H groups in total. The number of carbonyl (C=O) groups is 1. The van der Waals surface area contributed by atoms with Crippen molar-refractivity contribution in [2.75, 3.05) is 7.05 Å². The summed E-state index contributed by atoms with van der Waals surface area (Å²) in [5.41, 5.74) is 0. The van der Waals surface area contributed by atoms with E-state index in [1.165, 1.54) is 19.3 Å². The predicted octanol–water partition coefficient (Wildman–Crippen LogP) is -0.410. The summed E-state index contributed by atoms with van der Waals surface area (Å²) in [4.78, 5) is 10.6. The van der Waals surface area contributed by atoms with Gasteiger partial charge in [0.1, 0.15) is 0 Å². The molecular formula is C5H6N4O2. The summed E-state index contributed by atoms with van der Waals surface area (Å²) in [5.74, 6) is 0.124. The molecule has 58 valence electrons. The lowest BCUT2D eigenvalue weighted by atomic mass is 10.7. The van der Waals surface area contributed by atoms with E-state index in [1.54, 1.807) is 0 Å². The zero-order valence-corrected chi connectivity index (χ0v) is 5.81. The van der Waals surface area contributed by atoms with Crippen molar-refractivity contribution >= 4 is 6.09 Å². The lowest BCUT2D eigenvalue weighted by Gasteiger charge is -1.98. The van der Waals surface area contributed by atoms with Crippen LogP contribution in [0.4, 0.5) is 4.79 Å². The number of ether oxygens (including phenoxy) is 1.